The van der Waals surface area contributed by atoms with Crippen LogP contribution < -0.4 is 5.32 Å². The number of aryl methyl sites for hydroxylation is 1. The first-order valence-corrected chi connectivity index (χ1v) is 7.42. The molecule has 4 nitrogen and oxygen atoms in total. The fraction of sp³-hybridized carbons (Fsp3) is 0.429. The van der Waals surface area contributed by atoms with Crippen molar-refractivity contribution in [1.82, 2.24) is 5.32 Å². The Balaban J connectivity index is 2.29. The second-order valence-electron chi connectivity index (χ2n) is 4.10. The normalized spacial score (nSPS) is 10.2. The van der Waals surface area contributed by atoms with Crippen LogP contribution in [0.15, 0.2) is 24.3 Å². The highest BCUT2D eigenvalue weighted by Crippen LogP contribution is 2.10. The van der Waals surface area contributed by atoms with Crippen LogP contribution in [-0.4, -0.2) is 35.0 Å². The second-order valence-corrected chi connectivity index (χ2v) is 5.20. The molecule has 104 valence electrons. The number of hydrogen-bond donors (Lipinski definition) is 2. The lowest BCUT2D eigenvalue weighted by Gasteiger charge is -2.08. The molecule has 1 amide bonds. The number of nitrogens with one attached hydrogen (secondary N) is 1. The average molecular weight is 281 g/mol. The molecule has 0 spiro atoms. The Bertz CT molecular complexity index is 434. The van der Waals surface area contributed by atoms with Crippen LogP contribution in [0.2, 0.25) is 0 Å². The lowest BCUT2D eigenvalue weighted by molar-refractivity contribution is -0.133. The molecule has 0 unspecified atom stereocenters. The first-order valence-electron chi connectivity index (χ1n) is 6.26. The molecule has 0 fully saturated rings. The van der Waals surface area contributed by atoms with Gasteiger partial charge in [-0.1, -0.05) is 31.2 Å². The van der Waals surface area contributed by atoms with E-state index in [4.69, 9.17) is 5.11 Å². The van der Waals surface area contributed by atoms with Gasteiger partial charge in [-0.05, 0) is 17.5 Å². The number of amides is 1. The van der Waals surface area contributed by atoms with E-state index in [1.54, 1.807) is 0 Å². The zero-order chi connectivity index (χ0) is 14.1. The van der Waals surface area contributed by atoms with Gasteiger partial charge in [0.1, 0.15) is 0 Å². The SMILES string of the molecule is CCc1ccccc1CC(=O)NCCSCC(=O)O. The van der Waals surface area contributed by atoms with E-state index in [0.29, 0.717) is 18.7 Å². The number of rotatable bonds is 8. The molecule has 0 radical (unpaired) electrons. The number of thioether (sulfide) groups is 1. The largest absolute Gasteiger partial charge is 0.481 e. The highest BCUT2D eigenvalue weighted by molar-refractivity contribution is 7.99. The number of hydrogen-bond acceptors (Lipinski definition) is 3. The Morgan fingerprint density at radius 2 is 1.95 bits per heavy atom. The Morgan fingerprint density at radius 3 is 2.58 bits per heavy atom. The Hall–Kier alpha value is -1.49. The predicted octanol–water partition coefficient (Wildman–Crippen LogP) is 1.73. The maximum Gasteiger partial charge on any atom is 0.313 e. The van der Waals surface area contributed by atoms with Gasteiger partial charge in [0.15, 0.2) is 0 Å². The third kappa shape index (κ3) is 6.29. The summed E-state index contributed by atoms with van der Waals surface area (Å²) < 4.78 is 0. The van der Waals surface area contributed by atoms with Crippen LogP contribution in [0.3, 0.4) is 0 Å². The van der Waals surface area contributed by atoms with Gasteiger partial charge in [-0.15, -0.1) is 11.8 Å². The number of carbonyl (C=O) groups excluding carboxylic acids is 1. The minimum Gasteiger partial charge on any atom is -0.481 e. The summed E-state index contributed by atoms with van der Waals surface area (Å²) >= 11 is 1.30. The molecular weight excluding hydrogens is 262 g/mol. The summed E-state index contributed by atoms with van der Waals surface area (Å²) in [6.45, 7) is 2.57. The van der Waals surface area contributed by atoms with Crippen molar-refractivity contribution in [3.63, 3.8) is 0 Å². The zero-order valence-electron chi connectivity index (χ0n) is 11.0. The van der Waals surface area contributed by atoms with Gasteiger partial charge in [-0.3, -0.25) is 9.59 Å². The fourth-order valence-corrected chi connectivity index (χ4v) is 2.30. The lowest BCUT2D eigenvalue weighted by Crippen LogP contribution is -2.27. The average Bonchev–Trinajstić information content (AvgIpc) is 2.38. The quantitative estimate of drug-likeness (QED) is 0.712. The van der Waals surface area contributed by atoms with Crippen LogP contribution in [0, 0.1) is 0 Å². The van der Waals surface area contributed by atoms with Crippen molar-refractivity contribution in [2.24, 2.45) is 0 Å². The van der Waals surface area contributed by atoms with Gasteiger partial charge in [-0.2, -0.15) is 0 Å². The Labute approximate surface area is 117 Å². The van der Waals surface area contributed by atoms with Crippen molar-refractivity contribution >= 4 is 23.6 Å². The third-order valence-electron chi connectivity index (χ3n) is 2.64. The van der Waals surface area contributed by atoms with E-state index in [-0.39, 0.29) is 11.7 Å². The molecular formula is C14H19NO3S. The molecule has 0 atom stereocenters. The van der Waals surface area contributed by atoms with Crippen molar-refractivity contribution in [2.75, 3.05) is 18.1 Å². The van der Waals surface area contributed by atoms with E-state index in [0.717, 1.165) is 12.0 Å². The van der Waals surface area contributed by atoms with Gasteiger partial charge in [0, 0.05) is 12.3 Å². The van der Waals surface area contributed by atoms with Crippen LogP contribution in [-0.2, 0) is 22.4 Å². The van der Waals surface area contributed by atoms with Gasteiger partial charge in [0.2, 0.25) is 5.91 Å². The summed E-state index contributed by atoms with van der Waals surface area (Å²) in [5, 5.41) is 11.3. The van der Waals surface area contributed by atoms with Gasteiger partial charge >= 0.3 is 5.97 Å². The number of carboxylic acids is 1. The molecule has 0 aromatic heterocycles. The van der Waals surface area contributed by atoms with Crippen LogP contribution in [0.5, 0.6) is 0 Å². The summed E-state index contributed by atoms with van der Waals surface area (Å²) in [6.07, 6.45) is 1.30. The van der Waals surface area contributed by atoms with E-state index in [1.807, 2.05) is 24.3 Å². The van der Waals surface area contributed by atoms with Gasteiger partial charge in [0.25, 0.3) is 0 Å². The Morgan fingerprint density at radius 1 is 1.26 bits per heavy atom. The number of carbonyl (C=O) groups is 2. The molecule has 1 rings (SSSR count). The molecule has 2 N–H and O–H groups in total. The molecule has 1 aromatic carbocycles. The molecule has 0 saturated heterocycles. The maximum atomic E-state index is 11.7. The van der Waals surface area contributed by atoms with Crippen LogP contribution in [0.25, 0.3) is 0 Å². The molecule has 5 heteroatoms. The van der Waals surface area contributed by atoms with E-state index in [9.17, 15) is 9.59 Å². The zero-order valence-corrected chi connectivity index (χ0v) is 11.8. The van der Waals surface area contributed by atoms with Crippen LogP contribution in [0.1, 0.15) is 18.1 Å². The van der Waals surface area contributed by atoms with E-state index in [1.165, 1.54) is 17.3 Å². The lowest BCUT2D eigenvalue weighted by atomic mass is 10.0. The summed E-state index contributed by atoms with van der Waals surface area (Å²) in [7, 11) is 0. The second kappa shape index (κ2) is 8.58. The van der Waals surface area contributed by atoms with E-state index in [2.05, 4.69) is 12.2 Å². The number of benzene rings is 1. The van der Waals surface area contributed by atoms with Crippen LogP contribution in [0.4, 0.5) is 0 Å². The highest BCUT2D eigenvalue weighted by atomic mass is 32.2. The molecule has 1 aromatic rings. The van der Waals surface area contributed by atoms with Crippen molar-refractivity contribution < 1.29 is 14.7 Å². The summed E-state index contributed by atoms with van der Waals surface area (Å²) in [5.41, 5.74) is 2.25. The predicted molar refractivity (Wildman–Crippen MR) is 77.5 cm³/mol. The summed E-state index contributed by atoms with van der Waals surface area (Å²) in [5.74, 6) is -0.146. The van der Waals surface area contributed by atoms with Gasteiger partial charge < -0.3 is 10.4 Å². The molecule has 0 aliphatic carbocycles. The van der Waals surface area contributed by atoms with Crippen molar-refractivity contribution in [3.05, 3.63) is 35.4 Å². The van der Waals surface area contributed by atoms with Crippen molar-refractivity contribution in [3.8, 4) is 0 Å². The molecule has 19 heavy (non-hydrogen) atoms. The van der Waals surface area contributed by atoms with Crippen molar-refractivity contribution in [2.45, 2.75) is 19.8 Å². The molecule has 0 aliphatic heterocycles. The fourth-order valence-electron chi connectivity index (χ4n) is 1.73. The standard InChI is InChI=1S/C14H19NO3S/c1-2-11-5-3-4-6-12(11)9-13(16)15-7-8-19-10-14(17)18/h3-6H,2,7-10H2,1H3,(H,15,16)(H,17,18). The Kier molecular flexibility index (Phi) is 7.03. The number of carboxylic acid groups (broad SMARTS) is 1. The van der Waals surface area contributed by atoms with E-state index >= 15 is 0 Å². The monoisotopic (exact) mass is 281 g/mol. The van der Waals surface area contributed by atoms with Gasteiger partial charge in [-0.25, -0.2) is 0 Å². The maximum absolute atomic E-state index is 11.7. The third-order valence-corrected chi connectivity index (χ3v) is 3.59. The summed E-state index contributed by atoms with van der Waals surface area (Å²) in [4.78, 5) is 22.0. The first-order chi connectivity index (χ1) is 9.13. The van der Waals surface area contributed by atoms with Crippen molar-refractivity contribution in [1.29, 1.82) is 0 Å². The molecule has 0 heterocycles. The number of aliphatic carboxylic acids is 1. The molecule has 0 aliphatic rings. The molecule has 0 bridgehead atoms. The highest BCUT2D eigenvalue weighted by Gasteiger charge is 2.06. The summed E-state index contributed by atoms with van der Waals surface area (Å²) in [6, 6.07) is 7.91. The van der Waals surface area contributed by atoms with Gasteiger partial charge in [0.05, 0.1) is 12.2 Å². The smallest absolute Gasteiger partial charge is 0.313 e. The van der Waals surface area contributed by atoms with E-state index < -0.39 is 5.97 Å². The minimum absolute atomic E-state index is 0.0168. The molecule has 0 saturated carbocycles. The van der Waals surface area contributed by atoms with Crippen LogP contribution >= 0.6 is 11.8 Å². The minimum atomic E-state index is -0.826. The first kappa shape index (κ1) is 15.6. The topological polar surface area (TPSA) is 66.4 Å².